The molecular formula is C29H27FN8O3S. The van der Waals surface area contributed by atoms with Crippen LogP contribution in [0, 0.1) is 5.82 Å². The number of fused-ring (bicyclic) bond motifs is 3. The van der Waals surface area contributed by atoms with E-state index in [0.29, 0.717) is 41.1 Å². The van der Waals surface area contributed by atoms with Crippen molar-refractivity contribution in [2.24, 2.45) is 0 Å². The fourth-order valence-corrected chi connectivity index (χ4v) is 7.53. The van der Waals surface area contributed by atoms with Crippen molar-refractivity contribution in [3.05, 3.63) is 78.3 Å². The first-order valence-electron chi connectivity index (χ1n) is 13.6. The number of rotatable bonds is 5. The number of amides is 1. The lowest BCUT2D eigenvalue weighted by molar-refractivity contribution is 0.0562. The third-order valence-corrected chi connectivity index (χ3v) is 9.49. The van der Waals surface area contributed by atoms with Gasteiger partial charge in [-0.1, -0.05) is 6.07 Å². The average Bonchev–Trinajstić information content (AvgIpc) is 3.71. The van der Waals surface area contributed by atoms with Crippen LogP contribution in [0.1, 0.15) is 47.8 Å². The normalized spacial score (nSPS) is 20.3. The fourth-order valence-electron chi connectivity index (χ4n) is 6.47. The highest BCUT2D eigenvalue weighted by molar-refractivity contribution is 7.91. The number of pyridine rings is 1. The first-order valence-corrected chi connectivity index (χ1v) is 15.5. The lowest BCUT2D eigenvalue weighted by Gasteiger charge is -2.39. The number of hydrogen-bond donors (Lipinski definition) is 2. The van der Waals surface area contributed by atoms with Gasteiger partial charge in [-0.2, -0.15) is 14.7 Å². The highest BCUT2D eigenvalue weighted by Gasteiger charge is 2.45. The van der Waals surface area contributed by atoms with Crippen molar-refractivity contribution in [3.63, 3.8) is 0 Å². The van der Waals surface area contributed by atoms with Crippen LogP contribution in [-0.4, -0.2) is 67.3 Å². The van der Waals surface area contributed by atoms with Crippen molar-refractivity contribution in [3.8, 4) is 22.4 Å². The second-order valence-corrected chi connectivity index (χ2v) is 12.9. The lowest BCUT2D eigenvalue weighted by atomic mass is 9.87. The maximum atomic E-state index is 13.4. The molecule has 7 rings (SSSR count). The number of anilines is 1. The summed E-state index contributed by atoms with van der Waals surface area (Å²) in [5.41, 5.74) is 10.6. The summed E-state index contributed by atoms with van der Waals surface area (Å²) in [6.07, 6.45) is 8.75. The van der Waals surface area contributed by atoms with E-state index in [1.165, 1.54) is 16.6 Å². The van der Waals surface area contributed by atoms with Gasteiger partial charge in [0, 0.05) is 53.3 Å². The molecule has 2 atom stereocenters. The molecule has 214 valence electrons. The zero-order chi connectivity index (χ0) is 29.2. The highest BCUT2D eigenvalue weighted by Crippen LogP contribution is 2.45. The smallest absolute Gasteiger partial charge is 0.272 e. The van der Waals surface area contributed by atoms with Crippen LogP contribution in [-0.2, 0) is 9.84 Å². The van der Waals surface area contributed by atoms with Gasteiger partial charge >= 0.3 is 0 Å². The summed E-state index contributed by atoms with van der Waals surface area (Å²) in [6.45, 7) is 0. The summed E-state index contributed by atoms with van der Waals surface area (Å²) >= 11 is 0. The number of aromatic nitrogens is 6. The van der Waals surface area contributed by atoms with Crippen molar-refractivity contribution < 1.29 is 17.6 Å². The van der Waals surface area contributed by atoms with E-state index in [2.05, 4.69) is 20.3 Å². The molecule has 4 aromatic heterocycles. The van der Waals surface area contributed by atoms with E-state index in [0.717, 1.165) is 30.2 Å². The second kappa shape index (κ2) is 9.72. The molecule has 6 heterocycles. The van der Waals surface area contributed by atoms with Gasteiger partial charge in [0.1, 0.15) is 22.2 Å². The maximum Gasteiger partial charge on any atom is 0.272 e. The average molecular weight is 587 g/mol. The summed E-state index contributed by atoms with van der Waals surface area (Å²) in [4.78, 5) is 24.6. The van der Waals surface area contributed by atoms with E-state index >= 15 is 0 Å². The third-order valence-electron chi connectivity index (χ3n) is 8.33. The van der Waals surface area contributed by atoms with Gasteiger partial charge in [0.15, 0.2) is 15.5 Å². The first kappa shape index (κ1) is 26.3. The predicted molar refractivity (Wildman–Crippen MR) is 153 cm³/mol. The zero-order valence-electron chi connectivity index (χ0n) is 22.6. The molecule has 3 N–H and O–H groups in total. The van der Waals surface area contributed by atoms with E-state index in [-0.39, 0.29) is 40.4 Å². The molecule has 2 bridgehead atoms. The molecule has 1 amide bonds. The number of nitrogen functional groups attached to an aromatic ring is 1. The Bertz CT molecular complexity index is 1910. The van der Waals surface area contributed by atoms with Crippen molar-refractivity contribution in [2.75, 3.05) is 12.0 Å². The van der Waals surface area contributed by atoms with Crippen LogP contribution in [0.4, 0.5) is 10.2 Å². The van der Waals surface area contributed by atoms with E-state index in [9.17, 15) is 17.6 Å². The van der Waals surface area contributed by atoms with E-state index in [1.54, 1.807) is 36.8 Å². The van der Waals surface area contributed by atoms with Crippen LogP contribution in [0.5, 0.6) is 0 Å². The Kier molecular flexibility index (Phi) is 6.08. The maximum absolute atomic E-state index is 13.4. The van der Waals surface area contributed by atoms with Gasteiger partial charge in [-0.05, 0) is 62.1 Å². The summed E-state index contributed by atoms with van der Waals surface area (Å²) in [7, 11) is -3.76. The molecule has 5 aromatic rings. The summed E-state index contributed by atoms with van der Waals surface area (Å²) in [5.74, 6) is -0.632. The number of sulfone groups is 1. The second-order valence-electron chi connectivity index (χ2n) is 11.0. The molecule has 0 aliphatic carbocycles. The van der Waals surface area contributed by atoms with Crippen LogP contribution in [0.25, 0.3) is 28.0 Å². The number of nitrogens with two attached hydrogens (primary N) is 1. The highest BCUT2D eigenvalue weighted by atomic mass is 32.2. The Morgan fingerprint density at radius 3 is 2.36 bits per heavy atom. The summed E-state index contributed by atoms with van der Waals surface area (Å²) in [5, 5.41) is 11.1. The number of nitrogens with one attached hydrogen (secondary N) is 1. The summed E-state index contributed by atoms with van der Waals surface area (Å²) in [6, 6.07) is 11.3. The van der Waals surface area contributed by atoms with E-state index in [1.807, 2.05) is 17.0 Å². The standard InChI is InChI=1S/C29H27FN8O3S/c1-42(40,41)26-25(18-12-20-7-8-21(13-18)37(20)29(39)24-10-11-33-36-24)35-28-22(15-34-38(28)27(26)31)17-4-9-23(32-14-17)16-2-5-19(30)6-3-16/h2-6,9-11,14-15,18,20-21H,7-8,12-13,31H2,1H3,(H,33,36). The van der Waals surface area contributed by atoms with Crippen molar-refractivity contribution in [1.82, 2.24) is 34.7 Å². The number of H-pyrrole nitrogens is 1. The predicted octanol–water partition coefficient (Wildman–Crippen LogP) is 3.86. The molecule has 2 aliphatic rings. The third kappa shape index (κ3) is 4.31. The topological polar surface area (TPSA) is 152 Å². The quantitative estimate of drug-likeness (QED) is 0.315. The Morgan fingerprint density at radius 1 is 1.02 bits per heavy atom. The molecule has 0 radical (unpaired) electrons. The number of carbonyl (C=O) groups is 1. The fraction of sp³-hybridized carbons (Fsp3) is 0.276. The van der Waals surface area contributed by atoms with Gasteiger partial charge in [-0.15, -0.1) is 0 Å². The minimum absolute atomic E-state index is 0.00274. The molecular weight excluding hydrogens is 559 g/mol. The summed E-state index contributed by atoms with van der Waals surface area (Å²) < 4.78 is 40.8. The van der Waals surface area contributed by atoms with Gasteiger partial charge in [0.05, 0.1) is 17.6 Å². The van der Waals surface area contributed by atoms with Crippen LogP contribution in [0.3, 0.4) is 0 Å². The molecule has 13 heteroatoms. The Hall–Kier alpha value is -4.65. The molecule has 11 nitrogen and oxygen atoms in total. The molecule has 0 saturated carbocycles. The minimum Gasteiger partial charge on any atom is -0.382 e. The molecule has 2 unspecified atom stereocenters. The first-order chi connectivity index (χ1) is 20.2. The Labute approximate surface area is 240 Å². The van der Waals surface area contributed by atoms with Gasteiger partial charge in [-0.3, -0.25) is 14.9 Å². The monoisotopic (exact) mass is 586 g/mol. The number of hydrogen-bond acceptors (Lipinski definition) is 8. The number of carbonyl (C=O) groups excluding carboxylic acids is 1. The van der Waals surface area contributed by atoms with Crippen molar-refractivity contribution >= 4 is 27.2 Å². The van der Waals surface area contributed by atoms with Crippen LogP contribution < -0.4 is 5.73 Å². The minimum atomic E-state index is -3.76. The van der Waals surface area contributed by atoms with Gasteiger partial charge < -0.3 is 10.6 Å². The number of piperidine rings is 1. The molecule has 42 heavy (non-hydrogen) atoms. The molecule has 2 saturated heterocycles. The Morgan fingerprint density at radius 2 is 1.74 bits per heavy atom. The molecule has 2 aliphatic heterocycles. The molecule has 2 fully saturated rings. The number of benzene rings is 1. The SMILES string of the molecule is CS(=O)(=O)c1c(C2CC3CCC(C2)N3C(=O)c2ccn[nH]2)nc2c(-c3ccc(-c4ccc(F)cc4)nc3)cnn2c1N. The van der Waals surface area contributed by atoms with E-state index in [4.69, 9.17) is 10.7 Å². The lowest BCUT2D eigenvalue weighted by Crippen LogP contribution is -2.46. The van der Waals surface area contributed by atoms with Crippen molar-refractivity contribution in [1.29, 1.82) is 0 Å². The van der Waals surface area contributed by atoms with E-state index < -0.39 is 9.84 Å². The molecule has 0 spiro atoms. The molecule has 1 aromatic carbocycles. The van der Waals surface area contributed by atoms with Crippen LogP contribution >= 0.6 is 0 Å². The van der Waals surface area contributed by atoms with Gasteiger partial charge in [-0.25, -0.2) is 17.8 Å². The number of aromatic amines is 1. The van der Waals surface area contributed by atoms with Gasteiger partial charge in [0.2, 0.25) is 0 Å². The zero-order valence-corrected chi connectivity index (χ0v) is 23.4. The number of nitrogens with zero attached hydrogens (tertiary/aromatic N) is 6. The van der Waals surface area contributed by atoms with Gasteiger partial charge in [0.25, 0.3) is 5.91 Å². The largest absolute Gasteiger partial charge is 0.382 e. The van der Waals surface area contributed by atoms with Crippen molar-refractivity contribution in [2.45, 2.75) is 48.6 Å². The number of halogens is 1. The van der Waals surface area contributed by atoms with Crippen LogP contribution in [0.2, 0.25) is 0 Å². The Balaban J connectivity index is 1.27. The van der Waals surface area contributed by atoms with Crippen LogP contribution in [0.15, 0.2) is 66.0 Å².